The maximum atomic E-state index is 13.5. The number of ketones is 1. The summed E-state index contributed by atoms with van der Waals surface area (Å²) in [5.41, 5.74) is -0.621. The number of aryl methyl sites for hydroxylation is 1. The van der Waals surface area contributed by atoms with Gasteiger partial charge < -0.3 is 20.5 Å². The summed E-state index contributed by atoms with van der Waals surface area (Å²) >= 11 is 0. The predicted molar refractivity (Wildman–Crippen MR) is 117 cm³/mol. The Morgan fingerprint density at radius 1 is 1.06 bits per heavy atom. The van der Waals surface area contributed by atoms with Crippen molar-refractivity contribution in [1.82, 2.24) is 15.2 Å². The molecule has 11 heteroatoms. The second kappa shape index (κ2) is 8.62. The summed E-state index contributed by atoms with van der Waals surface area (Å²) in [6, 6.07) is 4.05. The number of halogens is 3. The van der Waals surface area contributed by atoms with E-state index >= 15 is 0 Å². The molecule has 34 heavy (non-hydrogen) atoms. The van der Waals surface area contributed by atoms with Gasteiger partial charge in [-0.25, -0.2) is 13.2 Å². The number of benzene rings is 1. The molecule has 0 unspecified atom stereocenters. The van der Waals surface area contributed by atoms with Crippen LogP contribution in [-0.4, -0.2) is 46.6 Å². The standard InChI is InChI=1S/C23H25F3N4O4/c1-11-8-14(6-7-15(11)24)28-19(32)16-12(2)17(30(5)13(16)3)18(31)20(33)29-22(21(34)27-4)9-23(25,26)10-22/h6-8H,9-10H2,1-5H3,(H,27,34)(H,28,32)(H,29,33). The number of hydrogen-bond donors (Lipinski definition) is 3. The fourth-order valence-electron chi connectivity index (χ4n) is 4.31. The molecule has 1 heterocycles. The predicted octanol–water partition coefficient (Wildman–Crippen LogP) is 2.55. The minimum absolute atomic E-state index is 0.117. The van der Waals surface area contributed by atoms with Gasteiger partial charge in [-0.3, -0.25) is 19.2 Å². The Bertz CT molecular complexity index is 1210. The smallest absolute Gasteiger partial charge is 0.294 e. The molecule has 0 saturated heterocycles. The second-order valence-electron chi connectivity index (χ2n) is 8.57. The summed E-state index contributed by atoms with van der Waals surface area (Å²) < 4.78 is 41.9. The highest BCUT2D eigenvalue weighted by Crippen LogP contribution is 2.45. The molecule has 8 nitrogen and oxygen atoms in total. The van der Waals surface area contributed by atoms with Crippen molar-refractivity contribution in [3.05, 3.63) is 52.1 Å². The van der Waals surface area contributed by atoms with Crippen molar-refractivity contribution in [3.63, 3.8) is 0 Å². The first-order valence-corrected chi connectivity index (χ1v) is 10.4. The van der Waals surface area contributed by atoms with Crippen LogP contribution < -0.4 is 16.0 Å². The lowest BCUT2D eigenvalue weighted by atomic mass is 9.72. The van der Waals surface area contributed by atoms with E-state index in [2.05, 4.69) is 16.0 Å². The molecule has 1 aliphatic rings. The molecule has 0 aliphatic heterocycles. The summed E-state index contributed by atoms with van der Waals surface area (Å²) in [4.78, 5) is 50.8. The number of anilines is 1. The van der Waals surface area contributed by atoms with Crippen LogP contribution in [-0.2, 0) is 16.6 Å². The third kappa shape index (κ3) is 4.29. The van der Waals surface area contributed by atoms with Crippen molar-refractivity contribution < 1.29 is 32.3 Å². The largest absolute Gasteiger partial charge is 0.357 e. The lowest BCUT2D eigenvalue weighted by Gasteiger charge is -2.45. The van der Waals surface area contributed by atoms with Gasteiger partial charge in [-0.2, -0.15) is 0 Å². The normalized spacial score (nSPS) is 15.8. The zero-order valence-corrected chi connectivity index (χ0v) is 19.4. The molecular weight excluding hydrogens is 453 g/mol. The summed E-state index contributed by atoms with van der Waals surface area (Å²) in [5, 5.41) is 7.04. The van der Waals surface area contributed by atoms with Crippen LogP contribution in [0.3, 0.4) is 0 Å². The highest BCUT2D eigenvalue weighted by Gasteiger charge is 2.62. The third-order valence-electron chi connectivity index (χ3n) is 6.13. The molecule has 1 saturated carbocycles. The van der Waals surface area contributed by atoms with E-state index in [1.54, 1.807) is 13.8 Å². The molecule has 1 aromatic carbocycles. The van der Waals surface area contributed by atoms with Crippen LogP contribution in [0.25, 0.3) is 0 Å². The van der Waals surface area contributed by atoms with Crippen molar-refractivity contribution >= 4 is 29.2 Å². The highest BCUT2D eigenvalue weighted by molar-refractivity contribution is 6.43. The number of alkyl halides is 2. The summed E-state index contributed by atoms with van der Waals surface area (Å²) in [5.74, 6) is -7.26. The van der Waals surface area contributed by atoms with Crippen LogP contribution in [0.2, 0.25) is 0 Å². The monoisotopic (exact) mass is 478 g/mol. The SMILES string of the molecule is CNC(=O)C1(NC(=O)C(=O)c2c(C)c(C(=O)Nc3ccc(F)c(C)c3)c(C)n2C)CC(F)(F)C1. The molecule has 1 aromatic heterocycles. The van der Waals surface area contributed by atoms with E-state index in [0.29, 0.717) is 16.9 Å². The molecule has 0 atom stereocenters. The first-order valence-electron chi connectivity index (χ1n) is 10.4. The second-order valence-corrected chi connectivity index (χ2v) is 8.57. The van der Waals surface area contributed by atoms with Crippen LogP contribution in [0.5, 0.6) is 0 Å². The highest BCUT2D eigenvalue weighted by atomic mass is 19.3. The van der Waals surface area contributed by atoms with Gasteiger partial charge in [0.25, 0.3) is 23.5 Å². The first kappa shape index (κ1) is 25.0. The molecule has 3 rings (SSSR count). The molecule has 0 bridgehead atoms. The van der Waals surface area contributed by atoms with Gasteiger partial charge in [0.2, 0.25) is 5.91 Å². The number of nitrogens with one attached hydrogen (secondary N) is 3. The molecular formula is C23H25F3N4O4. The molecule has 182 valence electrons. The lowest BCUT2D eigenvalue weighted by Crippen LogP contribution is -2.69. The zero-order valence-electron chi connectivity index (χ0n) is 19.4. The van der Waals surface area contributed by atoms with Gasteiger partial charge in [0.05, 0.1) is 11.3 Å². The topological polar surface area (TPSA) is 109 Å². The average Bonchev–Trinajstić information content (AvgIpc) is 2.96. The van der Waals surface area contributed by atoms with Gasteiger partial charge in [-0.15, -0.1) is 0 Å². The maximum Gasteiger partial charge on any atom is 0.294 e. The van der Waals surface area contributed by atoms with E-state index in [0.717, 1.165) is 0 Å². The fourth-order valence-corrected chi connectivity index (χ4v) is 4.31. The van der Waals surface area contributed by atoms with E-state index in [4.69, 9.17) is 0 Å². The van der Waals surface area contributed by atoms with Crippen LogP contribution in [0.4, 0.5) is 18.9 Å². The van der Waals surface area contributed by atoms with Gasteiger partial charge in [0.15, 0.2) is 0 Å². The Labute approximate surface area is 193 Å². The first-order chi connectivity index (χ1) is 15.7. The number of likely N-dealkylation sites (N-methyl/N-ethyl adjacent to an activating group) is 1. The number of amides is 3. The molecule has 1 fully saturated rings. The van der Waals surface area contributed by atoms with Crippen molar-refractivity contribution in [3.8, 4) is 0 Å². The number of nitrogens with zero attached hydrogens (tertiary/aromatic N) is 1. The van der Waals surface area contributed by atoms with Crippen LogP contribution in [0.15, 0.2) is 18.2 Å². The number of Topliss-reactive ketones (excluding diaryl/α,β-unsaturated/α-hetero) is 1. The molecule has 3 N–H and O–H groups in total. The van der Waals surface area contributed by atoms with Crippen LogP contribution in [0.1, 0.15) is 50.5 Å². The van der Waals surface area contributed by atoms with E-state index in [-0.39, 0.29) is 16.8 Å². The van der Waals surface area contributed by atoms with Crippen molar-refractivity contribution in [2.75, 3.05) is 12.4 Å². The van der Waals surface area contributed by atoms with E-state index in [9.17, 15) is 32.3 Å². The number of carbonyl (C=O) groups excluding carboxylic acids is 4. The van der Waals surface area contributed by atoms with Gasteiger partial charge in [0, 0.05) is 38.3 Å². The van der Waals surface area contributed by atoms with Crippen LogP contribution >= 0.6 is 0 Å². The number of rotatable bonds is 6. The van der Waals surface area contributed by atoms with Crippen molar-refractivity contribution in [1.29, 1.82) is 0 Å². The molecule has 3 amide bonds. The Morgan fingerprint density at radius 3 is 2.21 bits per heavy atom. The summed E-state index contributed by atoms with van der Waals surface area (Å²) in [6.45, 7) is 4.60. The third-order valence-corrected chi connectivity index (χ3v) is 6.13. The molecule has 2 aromatic rings. The Balaban J connectivity index is 1.87. The quantitative estimate of drug-likeness (QED) is 0.438. The maximum absolute atomic E-state index is 13.5. The minimum atomic E-state index is -3.13. The van der Waals surface area contributed by atoms with E-state index in [1.807, 2.05) is 0 Å². The molecule has 0 radical (unpaired) electrons. The van der Waals surface area contributed by atoms with E-state index < -0.39 is 53.6 Å². The fraction of sp³-hybridized carbons (Fsp3) is 0.391. The summed E-state index contributed by atoms with van der Waals surface area (Å²) in [7, 11) is 2.72. The Kier molecular flexibility index (Phi) is 6.34. The molecule has 1 aliphatic carbocycles. The lowest BCUT2D eigenvalue weighted by molar-refractivity contribution is -0.164. The zero-order chi connectivity index (χ0) is 25.6. The van der Waals surface area contributed by atoms with Gasteiger partial charge in [-0.05, 0) is 50.1 Å². The minimum Gasteiger partial charge on any atom is -0.357 e. The number of aromatic nitrogens is 1. The Morgan fingerprint density at radius 2 is 1.68 bits per heavy atom. The Hall–Kier alpha value is -3.63. The average molecular weight is 478 g/mol. The molecule has 0 spiro atoms. The van der Waals surface area contributed by atoms with Crippen molar-refractivity contribution in [2.24, 2.45) is 7.05 Å². The van der Waals surface area contributed by atoms with Gasteiger partial charge in [0.1, 0.15) is 11.4 Å². The van der Waals surface area contributed by atoms with Crippen LogP contribution in [0, 0.1) is 26.6 Å². The van der Waals surface area contributed by atoms with Gasteiger partial charge in [-0.1, -0.05) is 0 Å². The van der Waals surface area contributed by atoms with Gasteiger partial charge >= 0.3 is 0 Å². The van der Waals surface area contributed by atoms with Crippen molar-refractivity contribution in [2.45, 2.75) is 45.1 Å². The number of hydrogen-bond acceptors (Lipinski definition) is 4. The summed E-state index contributed by atoms with van der Waals surface area (Å²) in [6.07, 6.45) is -1.84. The number of carbonyl (C=O) groups is 4. The van der Waals surface area contributed by atoms with E-state index in [1.165, 1.54) is 43.8 Å².